The average Bonchev–Trinajstić information content (AvgIpc) is 3.21. The maximum Gasteiger partial charge on any atom is 0.345 e. The lowest BCUT2D eigenvalue weighted by Gasteiger charge is -2.28. The lowest BCUT2D eigenvalue weighted by Crippen LogP contribution is -2.34. The van der Waals surface area contributed by atoms with Crippen LogP contribution in [0.15, 0.2) is 47.4 Å². The Hall–Kier alpha value is -3.07. The van der Waals surface area contributed by atoms with Crippen molar-refractivity contribution in [3.8, 4) is 6.07 Å². The first-order valence-electron chi connectivity index (χ1n) is 11.0. The number of sulfone groups is 1. The molecule has 0 bridgehead atoms. The minimum absolute atomic E-state index is 0.0237. The van der Waals surface area contributed by atoms with Crippen LogP contribution in [0.2, 0.25) is 0 Å². The molecular formula is C24H27F2N3O5S. The van der Waals surface area contributed by atoms with Crippen molar-refractivity contribution in [3.05, 3.63) is 59.2 Å². The number of halogens is 2. The Bertz CT molecular complexity index is 1200. The molecule has 188 valence electrons. The number of hydrogen-bond donors (Lipinski definition) is 2. The van der Waals surface area contributed by atoms with Gasteiger partial charge >= 0.3 is 6.61 Å². The second-order valence-corrected chi connectivity index (χ2v) is 10.6. The van der Waals surface area contributed by atoms with E-state index in [1.54, 1.807) is 36.1 Å². The summed E-state index contributed by atoms with van der Waals surface area (Å²) in [6.45, 7) is -1.52. The number of carbonyl (C=O) groups is 1. The molecule has 3 atom stereocenters. The Labute approximate surface area is 202 Å². The molecule has 1 saturated heterocycles. The first-order chi connectivity index (χ1) is 16.6. The van der Waals surface area contributed by atoms with Gasteiger partial charge in [-0.05, 0) is 47.9 Å². The van der Waals surface area contributed by atoms with Gasteiger partial charge < -0.3 is 20.5 Å². The topological polar surface area (TPSA) is 134 Å². The van der Waals surface area contributed by atoms with Gasteiger partial charge in [-0.1, -0.05) is 19.1 Å². The van der Waals surface area contributed by atoms with Crippen molar-refractivity contribution in [2.75, 3.05) is 23.8 Å². The van der Waals surface area contributed by atoms with Crippen LogP contribution >= 0.6 is 0 Å². The molecular weight excluding hydrogens is 480 g/mol. The largest absolute Gasteiger partial charge is 0.391 e. The number of primary amides is 1. The summed E-state index contributed by atoms with van der Waals surface area (Å²) in [5.41, 5.74) is 7.39. The van der Waals surface area contributed by atoms with E-state index >= 15 is 0 Å². The van der Waals surface area contributed by atoms with Gasteiger partial charge in [0.15, 0.2) is 9.84 Å². The van der Waals surface area contributed by atoms with Crippen LogP contribution in [0.3, 0.4) is 0 Å². The van der Waals surface area contributed by atoms with Gasteiger partial charge in [0, 0.05) is 30.1 Å². The predicted molar refractivity (Wildman–Crippen MR) is 125 cm³/mol. The van der Waals surface area contributed by atoms with Crippen LogP contribution in [0.5, 0.6) is 0 Å². The maximum atomic E-state index is 12.6. The van der Waals surface area contributed by atoms with Crippen LogP contribution in [-0.2, 0) is 14.6 Å². The smallest absolute Gasteiger partial charge is 0.345 e. The van der Waals surface area contributed by atoms with Gasteiger partial charge in [-0.15, -0.1) is 0 Å². The van der Waals surface area contributed by atoms with Crippen molar-refractivity contribution in [1.29, 1.82) is 5.26 Å². The number of nitrogens with two attached hydrogens (primary N) is 1. The Morgan fingerprint density at radius 1 is 1.29 bits per heavy atom. The van der Waals surface area contributed by atoms with Crippen LogP contribution < -0.4 is 10.6 Å². The van der Waals surface area contributed by atoms with E-state index in [-0.39, 0.29) is 42.2 Å². The van der Waals surface area contributed by atoms with Crippen LogP contribution in [0.4, 0.5) is 14.5 Å². The van der Waals surface area contributed by atoms with Gasteiger partial charge in [-0.2, -0.15) is 14.0 Å². The van der Waals surface area contributed by atoms with Crippen molar-refractivity contribution in [2.24, 2.45) is 5.73 Å². The van der Waals surface area contributed by atoms with Gasteiger partial charge in [-0.3, -0.25) is 4.79 Å². The zero-order valence-electron chi connectivity index (χ0n) is 19.1. The number of hydrogen-bond acceptors (Lipinski definition) is 7. The molecule has 1 amide bonds. The van der Waals surface area contributed by atoms with Crippen LogP contribution in [0, 0.1) is 11.3 Å². The van der Waals surface area contributed by atoms with Gasteiger partial charge in [0.2, 0.25) is 5.91 Å². The number of nitriles is 1. The molecule has 1 aliphatic heterocycles. The SMILES string of the molecule is CCS(=O)(=O)c1ccc([C@H](CC#N)c2cc(N3C[C@H](O)C[C@H]3COC(F)F)ccc2C(N)=O)cc1. The zero-order valence-corrected chi connectivity index (χ0v) is 19.9. The molecule has 0 aromatic heterocycles. The summed E-state index contributed by atoms with van der Waals surface area (Å²) in [7, 11) is -3.41. The van der Waals surface area contributed by atoms with Gasteiger partial charge in [-0.25, -0.2) is 8.42 Å². The molecule has 0 unspecified atom stereocenters. The fourth-order valence-electron chi connectivity index (χ4n) is 4.36. The molecule has 11 heteroatoms. The van der Waals surface area contributed by atoms with E-state index in [0.717, 1.165) is 0 Å². The number of carbonyl (C=O) groups excluding carboxylic acids is 1. The van der Waals surface area contributed by atoms with E-state index in [1.165, 1.54) is 18.2 Å². The summed E-state index contributed by atoms with van der Waals surface area (Å²) < 4.78 is 54.0. The van der Waals surface area contributed by atoms with E-state index in [2.05, 4.69) is 10.8 Å². The van der Waals surface area contributed by atoms with Crippen LogP contribution in [0.1, 0.15) is 47.2 Å². The minimum Gasteiger partial charge on any atom is -0.391 e. The molecule has 1 aliphatic rings. The number of amides is 1. The lowest BCUT2D eigenvalue weighted by atomic mass is 9.85. The Balaban J connectivity index is 2.04. The van der Waals surface area contributed by atoms with Crippen molar-refractivity contribution >= 4 is 21.4 Å². The van der Waals surface area contributed by atoms with Crippen LogP contribution in [-0.4, -0.2) is 57.1 Å². The molecule has 0 saturated carbocycles. The van der Waals surface area contributed by atoms with Gasteiger partial charge in [0.05, 0.1) is 35.5 Å². The molecule has 1 fully saturated rings. The number of anilines is 1. The zero-order chi connectivity index (χ0) is 25.8. The summed E-state index contributed by atoms with van der Waals surface area (Å²) in [5.74, 6) is -1.37. The molecule has 0 spiro atoms. The quantitative estimate of drug-likeness (QED) is 0.505. The van der Waals surface area contributed by atoms with Gasteiger partial charge in [0.1, 0.15) is 0 Å². The lowest BCUT2D eigenvalue weighted by molar-refractivity contribution is -0.132. The molecule has 2 aromatic carbocycles. The Kier molecular flexibility index (Phi) is 8.43. The minimum atomic E-state index is -3.41. The van der Waals surface area contributed by atoms with E-state index in [4.69, 9.17) is 5.73 Å². The van der Waals surface area contributed by atoms with E-state index in [1.807, 2.05) is 0 Å². The summed E-state index contributed by atoms with van der Waals surface area (Å²) >= 11 is 0. The molecule has 35 heavy (non-hydrogen) atoms. The third-order valence-corrected chi connectivity index (χ3v) is 7.88. The highest BCUT2D eigenvalue weighted by Gasteiger charge is 2.33. The maximum absolute atomic E-state index is 12.6. The average molecular weight is 508 g/mol. The normalized spacial score (nSPS) is 19.0. The first kappa shape index (κ1) is 26.5. The standard InChI is InChI=1S/C24H27F2N3O5S/c1-2-35(32,33)19-6-3-15(4-7-19)20(9-10-27)22-12-16(5-8-21(22)23(28)31)29-13-18(30)11-17(29)14-34-24(25)26/h3-8,12,17-18,20,24,30H,2,9,11,13-14H2,1H3,(H2,28,31)/t17-,18+,20-/m0/s1. The van der Waals surface area contributed by atoms with Crippen molar-refractivity contribution in [3.63, 3.8) is 0 Å². The highest BCUT2D eigenvalue weighted by Crippen LogP contribution is 2.35. The number of aliphatic hydroxyl groups is 1. The van der Waals surface area contributed by atoms with Gasteiger partial charge in [0.25, 0.3) is 0 Å². The molecule has 3 N–H and O–H groups in total. The highest BCUT2D eigenvalue weighted by molar-refractivity contribution is 7.91. The van der Waals surface area contributed by atoms with Crippen LogP contribution in [0.25, 0.3) is 0 Å². The van der Waals surface area contributed by atoms with Crippen molar-refractivity contribution in [2.45, 2.75) is 49.3 Å². The van der Waals surface area contributed by atoms with E-state index in [9.17, 15) is 32.4 Å². The summed E-state index contributed by atoms with van der Waals surface area (Å²) in [4.78, 5) is 14.1. The van der Waals surface area contributed by atoms with Crippen molar-refractivity contribution < 1.29 is 31.8 Å². The number of alkyl halides is 2. The van der Waals surface area contributed by atoms with Crippen molar-refractivity contribution in [1.82, 2.24) is 0 Å². The molecule has 2 aromatic rings. The monoisotopic (exact) mass is 507 g/mol. The first-order valence-corrected chi connectivity index (χ1v) is 12.7. The molecule has 3 rings (SSSR count). The number of nitrogens with zero attached hydrogens (tertiary/aromatic N) is 2. The second-order valence-electron chi connectivity index (χ2n) is 8.31. The highest BCUT2D eigenvalue weighted by atomic mass is 32.2. The molecule has 0 aliphatic carbocycles. The third-order valence-electron chi connectivity index (χ3n) is 6.13. The Morgan fingerprint density at radius 3 is 2.54 bits per heavy atom. The van der Waals surface area contributed by atoms with E-state index in [0.29, 0.717) is 16.8 Å². The second kappa shape index (κ2) is 11.1. The molecule has 8 nitrogen and oxygen atoms in total. The summed E-state index contributed by atoms with van der Waals surface area (Å²) in [5, 5.41) is 19.6. The fourth-order valence-corrected chi connectivity index (χ4v) is 5.25. The molecule has 0 radical (unpaired) electrons. The number of ether oxygens (including phenoxy) is 1. The molecule has 1 heterocycles. The summed E-state index contributed by atoms with van der Waals surface area (Å²) in [6, 6.07) is 12.5. The predicted octanol–water partition coefficient (Wildman–Crippen LogP) is 2.80. The fraction of sp³-hybridized carbons (Fsp3) is 0.417. The number of benzene rings is 2. The summed E-state index contributed by atoms with van der Waals surface area (Å²) in [6.07, 6.45) is -0.540. The Morgan fingerprint density at radius 2 is 1.97 bits per heavy atom. The van der Waals surface area contributed by atoms with E-state index < -0.39 is 40.4 Å². The number of rotatable bonds is 10. The third kappa shape index (κ3) is 6.14. The number of aliphatic hydroxyl groups excluding tert-OH is 1. The number of β-amino-alcohol motifs (C(OH)–C–C–N with tert-alkyl or cyclic N) is 1.